The van der Waals surface area contributed by atoms with Crippen LogP contribution in [0.5, 0.6) is 0 Å². The molecule has 1 unspecified atom stereocenters. The third-order valence-corrected chi connectivity index (χ3v) is 3.22. The summed E-state index contributed by atoms with van der Waals surface area (Å²) in [7, 11) is 0. The standard InChI is InChI=1S/C7H11N3O2S/c11-6-3-10(7(12)8-6)9-5-1-2-13-4-5/h5,9H,1-4H2,(H,8,11,12). The van der Waals surface area contributed by atoms with Crippen LogP contribution in [-0.4, -0.2) is 41.0 Å². The van der Waals surface area contributed by atoms with Crippen molar-refractivity contribution in [1.82, 2.24) is 15.8 Å². The van der Waals surface area contributed by atoms with E-state index in [-0.39, 0.29) is 18.5 Å². The second kappa shape index (κ2) is 3.55. The molecule has 3 amide bonds. The molecule has 0 aromatic heterocycles. The van der Waals surface area contributed by atoms with E-state index in [4.69, 9.17) is 0 Å². The first kappa shape index (κ1) is 8.83. The highest BCUT2D eigenvalue weighted by atomic mass is 32.2. The number of urea groups is 1. The van der Waals surface area contributed by atoms with Gasteiger partial charge in [0, 0.05) is 11.8 Å². The second-order valence-electron chi connectivity index (χ2n) is 3.13. The number of carbonyl (C=O) groups is 2. The predicted octanol–water partition coefficient (Wildman–Crippen LogP) is -0.452. The van der Waals surface area contributed by atoms with Crippen LogP contribution in [0.25, 0.3) is 0 Å². The lowest BCUT2D eigenvalue weighted by Gasteiger charge is -2.19. The minimum absolute atomic E-state index is 0.139. The highest BCUT2D eigenvalue weighted by molar-refractivity contribution is 7.99. The molecular weight excluding hydrogens is 190 g/mol. The summed E-state index contributed by atoms with van der Waals surface area (Å²) in [5, 5.41) is 3.58. The Balaban J connectivity index is 1.87. The van der Waals surface area contributed by atoms with Gasteiger partial charge in [-0.1, -0.05) is 0 Å². The van der Waals surface area contributed by atoms with Gasteiger partial charge >= 0.3 is 6.03 Å². The molecule has 2 N–H and O–H groups in total. The van der Waals surface area contributed by atoms with Crippen LogP contribution in [0.15, 0.2) is 0 Å². The Bertz CT molecular complexity index is 240. The molecule has 2 saturated heterocycles. The topological polar surface area (TPSA) is 61.4 Å². The van der Waals surface area contributed by atoms with E-state index in [1.807, 2.05) is 11.8 Å². The molecule has 0 radical (unpaired) electrons. The van der Waals surface area contributed by atoms with Gasteiger partial charge in [0.25, 0.3) is 0 Å². The lowest BCUT2D eigenvalue weighted by Crippen LogP contribution is -2.46. The van der Waals surface area contributed by atoms with E-state index in [9.17, 15) is 9.59 Å². The number of rotatable bonds is 2. The van der Waals surface area contributed by atoms with Gasteiger partial charge in [-0.2, -0.15) is 11.8 Å². The van der Waals surface area contributed by atoms with Crippen molar-refractivity contribution in [2.75, 3.05) is 18.1 Å². The molecule has 0 bridgehead atoms. The maximum atomic E-state index is 11.1. The maximum absolute atomic E-state index is 11.1. The average Bonchev–Trinajstić information content (AvgIpc) is 2.63. The van der Waals surface area contributed by atoms with Crippen molar-refractivity contribution in [3.8, 4) is 0 Å². The third-order valence-electron chi connectivity index (χ3n) is 2.06. The Hall–Kier alpha value is -0.750. The van der Waals surface area contributed by atoms with Crippen LogP contribution in [0.4, 0.5) is 4.79 Å². The highest BCUT2D eigenvalue weighted by Gasteiger charge is 2.29. The van der Waals surface area contributed by atoms with Crippen molar-refractivity contribution >= 4 is 23.7 Å². The van der Waals surface area contributed by atoms with Crippen molar-refractivity contribution < 1.29 is 9.59 Å². The zero-order valence-electron chi connectivity index (χ0n) is 7.08. The summed E-state index contributed by atoms with van der Waals surface area (Å²) in [6.07, 6.45) is 1.06. The smallest absolute Gasteiger partial charge is 0.275 e. The van der Waals surface area contributed by atoms with Crippen LogP contribution in [0.3, 0.4) is 0 Å². The molecule has 2 aliphatic heterocycles. The Morgan fingerprint density at radius 2 is 2.38 bits per heavy atom. The summed E-state index contributed by atoms with van der Waals surface area (Å²) < 4.78 is 0. The fourth-order valence-corrected chi connectivity index (χ4v) is 2.55. The van der Waals surface area contributed by atoms with Gasteiger partial charge in [0.05, 0.1) is 0 Å². The molecular formula is C7H11N3O2S. The molecule has 13 heavy (non-hydrogen) atoms. The minimum atomic E-state index is -0.332. The first-order chi connectivity index (χ1) is 6.25. The van der Waals surface area contributed by atoms with E-state index >= 15 is 0 Å². The van der Waals surface area contributed by atoms with Crippen LogP contribution >= 0.6 is 11.8 Å². The molecule has 2 aliphatic rings. The lowest BCUT2D eigenvalue weighted by atomic mass is 10.3. The summed E-state index contributed by atoms with van der Waals surface area (Å²) in [6.45, 7) is 0.139. The summed E-state index contributed by atoms with van der Waals surface area (Å²) >= 11 is 1.86. The number of hydrazine groups is 1. The maximum Gasteiger partial charge on any atom is 0.338 e. The number of carbonyl (C=O) groups excluding carboxylic acids is 2. The number of amides is 3. The molecule has 2 fully saturated rings. The first-order valence-corrected chi connectivity index (χ1v) is 5.36. The van der Waals surface area contributed by atoms with Crippen molar-refractivity contribution in [1.29, 1.82) is 0 Å². The van der Waals surface area contributed by atoms with Gasteiger partial charge in [-0.15, -0.1) is 0 Å². The number of hydrogen-bond donors (Lipinski definition) is 2. The molecule has 1 atom stereocenters. The first-order valence-electron chi connectivity index (χ1n) is 4.21. The van der Waals surface area contributed by atoms with Gasteiger partial charge in [-0.3, -0.25) is 10.1 Å². The number of thioether (sulfide) groups is 1. The molecule has 2 rings (SSSR count). The largest absolute Gasteiger partial charge is 0.338 e. The molecule has 5 nitrogen and oxygen atoms in total. The quantitative estimate of drug-likeness (QED) is 0.594. The number of nitrogens with zero attached hydrogens (tertiary/aromatic N) is 1. The van der Waals surface area contributed by atoms with Crippen LogP contribution in [-0.2, 0) is 4.79 Å². The fraction of sp³-hybridized carbons (Fsp3) is 0.714. The number of nitrogens with one attached hydrogen (secondary N) is 2. The van der Waals surface area contributed by atoms with E-state index in [0.29, 0.717) is 6.04 Å². The number of imide groups is 1. The van der Waals surface area contributed by atoms with Gasteiger partial charge in [-0.05, 0) is 12.2 Å². The Morgan fingerprint density at radius 1 is 1.54 bits per heavy atom. The monoisotopic (exact) mass is 201 g/mol. The Kier molecular flexibility index (Phi) is 2.41. The van der Waals surface area contributed by atoms with Gasteiger partial charge in [0.1, 0.15) is 6.54 Å². The third kappa shape index (κ3) is 1.94. The number of hydrogen-bond acceptors (Lipinski definition) is 4. The van der Waals surface area contributed by atoms with E-state index in [1.165, 1.54) is 5.01 Å². The van der Waals surface area contributed by atoms with Crippen LogP contribution in [0.2, 0.25) is 0 Å². The molecule has 6 heteroatoms. The van der Waals surface area contributed by atoms with E-state index in [2.05, 4.69) is 10.7 Å². The van der Waals surface area contributed by atoms with Crippen LogP contribution in [0.1, 0.15) is 6.42 Å². The second-order valence-corrected chi connectivity index (χ2v) is 4.28. The molecule has 2 heterocycles. The summed E-state index contributed by atoms with van der Waals surface area (Å²) in [5.41, 5.74) is 3.04. The molecule has 0 aromatic rings. The summed E-state index contributed by atoms with van der Waals surface area (Å²) in [5.74, 6) is 1.90. The van der Waals surface area contributed by atoms with Gasteiger partial charge in [0.2, 0.25) is 5.91 Å². The van der Waals surface area contributed by atoms with Gasteiger partial charge in [0.15, 0.2) is 0 Å². The molecule has 0 spiro atoms. The lowest BCUT2D eigenvalue weighted by molar-refractivity contribution is -0.118. The molecule has 72 valence electrons. The molecule has 0 aromatic carbocycles. The Morgan fingerprint density at radius 3 is 2.92 bits per heavy atom. The van der Waals surface area contributed by atoms with Crippen LogP contribution in [0, 0.1) is 0 Å². The minimum Gasteiger partial charge on any atom is -0.275 e. The van der Waals surface area contributed by atoms with Gasteiger partial charge in [-0.25, -0.2) is 15.2 Å². The fourth-order valence-electron chi connectivity index (χ4n) is 1.40. The predicted molar refractivity (Wildman–Crippen MR) is 49.1 cm³/mol. The zero-order chi connectivity index (χ0) is 9.26. The average molecular weight is 201 g/mol. The van der Waals surface area contributed by atoms with Crippen molar-refractivity contribution in [2.45, 2.75) is 12.5 Å². The van der Waals surface area contributed by atoms with Crippen LogP contribution < -0.4 is 10.7 Å². The van der Waals surface area contributed by atoms with Crippen molar-refractivity contribution in [3.63, 3.8) is 0 Å². The summed E-state index contributed by atoms with van der Waals surface area (Å²) in [6, 6.07) is 0.00329. The molecule has 0 aliphatic carbocycles. The van der Waals surface area contributed by atoms with Crippen molar-refractivity contribution in [3.05, 3.63) is 0 Å². The van der Waals surface area contributed by atoms with E-state index in [0.717, 1.165) is 17.9 Å². The normalized spacial score (nSPS) is 28.3. The molecule has 0 saturated carbocycles. The Labute approximate surface area is 80.2 Å². The van der Waals surface area contributed by atoms with E-state index in [1.54, 1.807) is 0 Å². The summed E-state index contributed by atoms with van der Waals surface area (Å²) in [4.78, 5) is 21.9. The van der Waals surface area contributed by atoms with Gasteiger partial charge < -0.3 is 0 Å². The highest BCUT2D eigenvalue weighted by Crippen LogP contribution is 2.17. The van der Waals surface area contributed by atoms with E-state index < -0.39 is 0 Å². The SMILES string of the molecule is O=C1CN(NC2CCSC2)C(=O)N1. The zero-order valence-corrected chi connectivity index (χ0v) is 7.89. The van der Waals surface area contributed by atoms with Crippen molar-refractivity contribution in [2.24, 2.45) is 0 Å².